The Labute approximate surface area is 181 Å². The number of ether oxygens (including phenoxy) is 1. The molecule has 30 heavy (non-hydrogen) atoms. The van der Waals surface area contributed by atoms with E-state index in [1.165, 1.54) is 6.08 Å². The summed E-state index contributed by atoms with van der Waals surface area (Å²) in [5.74, 6) is -0.978. The molecule has 6 heteroatoms. The molecule has 2 unspecified atom stereocenters. The van der Waals surface area contributed by atoms with Crippen LogP contribution in [0.1, 0.15) is 66.2 Å². The number of hydrogen-bond donors (Lipinski definition) is 1. The van der Waals surface area contributed by atoms with Crippen LogP contribution in [0.5, 0.6) is 0 Å². The fraction of sp³-hybridized carbons (Fsp3) is 0.625. The van der Waals surface area contributed by atoms with Crippen LogP contribution in [0.3, 0.4) is 0 Å². The molecule has 0 aromatic heterocycles. The summed E-state index contributed by atoms with van der Waals surface area (Å²) in [5.41, 5.74) is -0.129. The van der Waals surface area contributed by atoms with E-state index in [0.29, 0.717) is 31.5 Å². The normalized spacial score (nSPS) is 17.9. The van der Waals surface area contributed by atoms with Crippen molar-refractivity contribution in [3.63, 3.8) is 0 Å². The number of rotatable bonds is 11. The molecule has 0 aromatic rings. The SMILES string of the molecule is C=C/C=C(\C=C)C(=O)NC1CCN(C(=O)C(CCCCC)CC(=O)OC(C)(C)C)C1. The Hall–Kier alpha value is -2.37. The molecule has 0 bridgehead atoms. The largest absolute Gasteiger partial charge is 0.460 e. The first kappa shape index (κ1) is 25.7. The number of unbranched alkanes of at least 4 members (excludes halogenated alkanes) is 2. The third kappa shape index (κ3) is 8.97. The van der Waals surface area contributed by atoms with Crippen molar-refractivity contribution >= 4 is 17.8 Å². The fourth-order valence-electron chi connectivity index (χ4n) is 3.51. The Morgan fingerprint density at radius 1 is 1.23 bits per heavy atom. The maximum atomic E-state index is 13.1. The molecule has 0 spiro atoms. The minimum absolute atomic E-state index is 0.0284. The van der Waals surface area contributed by atoms with E-state index in [-0.39, 0.29) is 36.2 Å². The van der Waals surface area contributed by atoms with Gasteiger partial charge in [-0.25, -0.2) is 0 Å². The summed E-state index contributed by atoms with van der Waals surface area (Å²) in [5, 5.41) is 2.95. The second-order valence-electron chi connectivity index (χ2n) is 8.79. The molecule has 1 N–H and O–H groups in total. The summed E-state index contributed by atoms with van der Waals surface area (Å²) in [6.45, 7) is 15.8. The topological polar surface area (TPSA) is 75.7 Å². The molecule has 1 aliphatic rings. The molecular formula is C24H38N2O4. The maximum absolute atomic E-state index is 13.1. The number of hydrogen-bond acceptors (Lipinski definition) is 4. The number of nitrogens with one attached hydrogen (secondary N) is 1. The molecule has 2 atom stereocenters. The first-order valence-corrected chi connectivity index (χ1v) is 10.9. The highest BCUT2D eigenvalue weighted by Crippen LogP contribution is 2.22. The lowest BCUT2D eigenvalue weighted by atomic mass is 9.96. The number of nitrogens with zero attached hydrogens (tertiary/aromatic N) is 1. The number of esters is 1. The molecule has 1 aliphatic heterocycles. The van der Waals surface area contributed by atoms with E-state index in [0.717, 1.165) is 19.3 Å². The second kappa shape index (κ2) is 12.4. The Bertz CT molecular complexity index is 661. The lowest BCUT2D eigenvalue weighted by molar-refractivity contribution is -0.158. The van der Waals surface area contributed by atoms with Crippen LogP contribution in [-0.4, -0.2) is 47.4 Å². The zero-order valence-corrected chi connectivity index (χ0v) is 19.0. The fourth-order valence-corrected chi connectivity index (χ4v) is 3.51. The van der Waals surface area contributed by atoms with E-state index in [2.05, 4.69) is 25.4 Å². The second-order valence-corrected chi connectivity index (χ2v) is 8.79. The van der Waals surface area contributed by atoms with Crippen molar-refractivity contribution in [3.8, 4) is 0 Å². The van der Waals surface area contributed by atoms with Gasteiger partial charge in [-0.3, -0.25) is 14.4 Å². The molecule has 0 radical (unpaired) electrons. The molecule has 6 nitrogen and oxygen atoms in total. The third-order valence-electron chi connectivity index (χ3n) is 4.95. The van der Waals surface area contributed by atoms with Gasteiger partial charge in [-0.1, -0.05) is 57.6 Å². The summed E-state index contributed by atoms with van der Waals surface area (Å²) in [6, 6.07) is -0.118. The van der Waals surface area contributed by atoms with Crippen molar-refractivity contribution in [1.82, 2.24) is 10.2 Å². The monoisotopic (exact) mass is 418 g/mol. The van der Waals surface area contributed by atoms with Crippen molar-refractivity contribution < 1.29 is 19.1 Å². The first-order valence-electron chi connectivity index (χ1n) is 10.9. The Kier molecular flexibility index (Phi) is 10.6. The third-order valence-corrected chi connectivity index (χ3v) is 4.95. The molecule has 1 saturated heterocycles. The van der Waals surface area contributed by atoms with Gasteiger partial charge < -0.3 is 15.0 Å². The van der Waals surface area contributed by atoms with E-state index in [9.17, 15) is 14.4 Å². The molecule has 0 aliphatic carbocycles. The van der Waals surface area contributed by atoms with Gasteiger partial charge in [0.05, 0.1) is 6.42 Å². The van der Waals surface area contributed by atoms with Gasteiger partial charge in [0.2, 0.25) is 5.91 Å². The van der Waals surface area contributed by atoms with Crippen molar-refractivity contribution in [2.75, 3.05) is 13.1 Å². The Balaban J connectivity index is 2.73. The summed E-state index contributed by atoms with van der Waals surface area (Å²) in [7, 11) is 0. The van der Waals surface area contributed by atoms with Gasteiger partial charge in [-0.2, -0.15) is 0 Å². The van der Waals surface area contributed by atoms with Crippen molar-refractivity contribution in [2.24, 2.45) is 5.92 Å². The van der Waals surface area contributed by atoms with Crippen molar-refractivity contribution in [3.05, 3.63) is 37.0 Å². The molecular weight excluding hydrogens is 380 g/mol. The molecule has 2 amide bonds. The van der Waals surface area contributed by atoms with Gasteiger partial charge in [0.25, 0.3) is 5.91 Å². The van der Waals surface area contributed by atoms with E-state index < -0.39 is 5.60 Å². The predicted octanol–water partition coefficient (Wildman–Crippen LogP) is 3.93. The minimum atomic E-state index is -0.570. The zero-order chi connectivity index (χ0) is 22.7. The lowest BCUT2D eigenvalue weighted by Gasteiger charge is -2.25. The van der Waals surface area contributed by atoms with Gasteiger partial charge in [-0.15, -0.1) is 0 Å². The number of carbonyl (C=O) groups is 3. The first-order chi connectivity index (χ1) is 14.1. The van der Waals surface area contributed by atoms with Gasteiger partial charge in [0.15, 0.2) is 0 Å². The van der Waals surface area contributed by atoms with Crippen LogP contribution in [0.2, 0.25) is 0 Å². The van der Waals surface area contributed by atoms with Crippen LogP contribution >= 0.6 is 0 Å². The van der Waals surface area contributed by atoms with Crippen LogP contribution in [0, 0.1) is 5.92 Å². The zero-order valence-electron chi connectivity index (χ0n) is 19.0. The van der Waals surface area contributed by atoms with Gasteiger partial charge >= 0.3 is 5.97 Å². The van der Waals surface area contributed by atoms with E-state index in [4.69, 9.17) is 4.74 Å². The van der Waals surface area contributed by atoms with E-state index in [1.54, 1.807) is 17.1 Å². The lowest BCUT2D eigenvalue weighted by Crippen LogP contribution is -2.41. The predicted molar refractivity (Wildman–Crippen MR) is 120 cm³/mol. The maximum Gasteiger partial charge on any atom is 0.307 e. The van der Waals surface area contributed by atoms with Crippen LogP contribution < -0.4 is 5.32 Å². The van der Waals surface area contributed by atoms with Crippen LogP contribution in [0.4, 0.5) is 0 Å². The summed E-state index contributed by atoms with van der Waals surface area (Å²) >= 11 is 0. The van der Waals surface area contributed by atoms with Gasteiger partial charge in [0, 0.05) is 30.6 Å². The van der Waals surface area contributed by atoms with Gasteiger partial charge in [-0.05, 0) is 33.6 Å². The molecule has 1 rings (SSSR count). The standard InChI is InChI=1S/C24H38N2O4/c1-7-10-11-13-19(16-21(27)30-24(4,5)6)23(29)26-15-14-20(17-26)25-22(28)18(9-3)12-8-2/h8-9,12,19-20H,2-3,7,10-11,13-17H2,1,4-6H3,(H,25,28)/b18-12+. The van der Waals surface area contributed by atoms with E-state index >= 15 is 0 Å². The number of allylic oxidation sites excluding steroid dienone is 2. The highest BCUT2D eigenvalue weighted by atomic mass is 16.6. The Morgan fingerprint density at radius 2 is 1.93 bits per heavy atom. The molecule has 0 aromatic carbocycles. The average molecular weight is 419 g/mol. The molecule has 1 heterocycles. The molecule has 168 valence electrons. The molecule has 1 fully saturated rings. The van der Waals surface area contributed by atoms with Crippen molar-refractivity contribution in [2.45, 2.75) is 77.9 Å². The summed E-state index contributed by atoms with van der Waals surface area (Å²) < 4.78 is 5.43. The van der Waals surface area contributed by atoms with Crippen LogP contribution in [0.15, 0.2) is 37.0 Å². The average Bonchev–Trinajstić information content (AvgIpc) is 3.11. The van der Waals surface area contributed by atoms with Crippen LogP contribution in [0.25, 0.3) is 0 Å². The Morgan fingerprint density at radius 3 is 2.50 bits per heavy atom. The van der Waals surface area contributed by atoms with Gasteiger partial charge in [0.1, 0.15) is 5.60 Å². The quantitative estimate of drug-likeness (QED) is 0.239. The minimum Gasteiger partial charge on any atom is -0.460 e. The number of amides is 2. The van der Waals surface area contributed by atoms with Crippen LogP contribution in [-0.2, 0) is 19.1 Å². The summed E-state index contributed by atoms with van der Waals surface area (Å²) in [4.78, 5) is 39.5. The number of likely N-dealkylation sites (tertiary alicyclic amines) is 1. The smallest absolute Gasteiger partial charge is 0.307 e. The highest BCUT2D eigenvalue weighted by Gasteiger charge is 2.33. The summed E-state index contributed by atoms with van der Waals surface area (Å²) in [6.07, 6.45) is 9.05. The van der Waals surface area contributed by atoms with E-state index in [1.807, 2.05) is 20.8 Å². The highest BCUT2D eigenvalue weighted by molar-refractivity contribution is 5.96. The van der Waals surface area contributed by atoms with Crippen molar-refractivity contribution in [1.29, 1.82) is 0 Å². The number of carbonyl (C=O) groups excluding carboxylic acids is 3. The molecule has 0 saturated carbocycles.